The second-order valence-electron chi connectivity index (χ2n) is 19.2. The third-order valence-corrected chi connectivity index (χ3v) is 12.6. The Bertz CT molecular complexity index is 918. The molecule has 0 aliphatic rings. The van der Waals surface area contributed by atoms with Crippen molar-refractivity contribution < 1.29 is 28.6 Å². The standard InChI is InChI=1S/C54H104O6/c1-6-8-9-10-11-12-24-31-36-41-46-54(57)60-51(48-59-53(56)45-40-35-30-26-21-17-18-22-27-32-37-42-49(3)4)47-58-52(55)44-39-34-29-25-20-16-14-13-15-19-23-28-33-38-43-50(5)7-2/h49-51H,6-48H2,1-5H3/t50?,51-/m1/s1. The molecule has 0 aliphatic carbocycles. The highest BCUT2D eigenvalue weighted by atomic mass is 16.6. The molecule has 0 saturated carbocycles. The molecule has 0 saturated heterocycles. The third kappa shape index (κ3) is 45.9. The van der Waals surface area contributed by atoms with Gasteiger partial charge >= 0.3 is 17.9 Å². The molecule has 0 aromatic rings. The van der Waals surface area contributed by atoms with Crippen LogP contribution in [0.4, 0.5) is 0 Å². The summed E-state index contributed by atoms with van der Waals surface area (Å²) in [7, 11) is 0. The first-order chi connectivity index (χ1) is 29.3. The predicted octanol–water partition coefficient (Wildman–Crippen LogP) is 17.3. The van der Waals surface area contributed by atoms with Crippen molar-refractivity contribution in [3.63, 3.8) is 0 Å². The van der Waals surface area contributed by atoms with E-state index in [-0.39, 0.29) is 31.1 Å². The number of hydrogen-bond donors (Lipinski definition) is 0. The largest absolute Gasteiger partial charge is 0.462 e. The van der Waals surface area contributed by atoms with Gasteiger partial charge in [0.1, 0.15) is 13.2 Å². The summed E-state index contributed by atoms with van der Waals surface area (Å²) in [6, 6.07) is 0. The van der Waals surface area contributed by atoms with Gasteiger partial charge in [0.05, 0.1) is 0 Å². The number of esters is 3. The van der Waals surface area contributed by atoms with Gasteiger partial charge in [0.15, 0.2) is 6.10 Å². The second-order valence-corrected chi connectivity index (χ2v) is 19.2. The van der Waals surface area contributed by atoms with Crippen LogP contribution in [0.25, 0.3) is 0 Å². The zero-order valence-corrected chi connectivity index (χ0v) is 41.1. The summed E-state index contributed by atoms with van der Waals surface area (Å²) < 4.78 is 16.8. The summed E-state index contributed by atoms with van der Waals surface area (Å²) in [6.45, 7) is 11.4. The van der Waals surface area contributed by atoms with E-state index in [1.807, 2.05) is 0 Å². The minimum absolute atomic E-state index is 0.0634. The van der Waals surface area contributed by atoms with Crippen molar-refractivity contribution in [2.75, 3.05) is 13.2 Å². The van der Waals surface area contributed by atoms with Crippen LogP contribution in [0.1, 0.15) is 298 Å². The third-order valence-electron chi connectivity index (χ3n) is 12.6. The number of rotatable bonds is 48. The lowest BCUT2D eigenvalue weighted by molar-refractivity contribution is -0.167. The van der Waals surface area contributed by atoms with Crippen molar-refractivity contribution in [1.82, 2.24) is 0 Å². The van der Waals surface area contributed by atoms with E-state index in [0.717, 1.165) is 69.6 Å². The number of unbranched alkanes of at least 4 members (excludes halogenated alkanes) is 32. The van der Waals surface area contributed by atoms with Gasteiger partial charge in [-0.3, -0.25) is 14.4 Å². The molecule has 0 bridgehead atoms. The Morgan fingerprint density at radius 1 is 0.350 bits per heavy atom. The molecule has 0 N–H and O–H groups in total. The van der Waals surface area contributed by atoms with Crippen molar-refractivity contribution in [2.45, 2.75) is 304 Å². The summed E-state index contributed by atoms with van der Waals surface area (Å²) >= 11 is 0. The first kappa shape index (κ1) is 58.4. The van der Waals surface area contributed by atoms with Gasteiger partial charge in [0, 0.05) is 19.3 Å². The van der Waals surface area contributed by atoms with E-state index in [1.165, 1.54) is 186 Å². The van der Waals surface area contributed by atoms with Crippen LogP contribution in [0.5, 0.6) is 0 Å². The second kappa shape index (κ2) is 46.9. The molecule has 0 rings (SSSR count). The van der Waals surface area contributed by atoms with E-state index in [1.54, 1.807) is 0 Å². The van der Waals surface area contributed by atoms with Crippen molar-refractivity contribution >= 4 is 17.9 Å². The van der Waals surface area contributed by atoms with Crippen LogP contribution in [0.2, 0.25) is 0 Å². The lowest BCUT2D eigenvalue weighted by Gasteiger charge is -2.18. The Balaban J connectivity index is 4.25. The van der Waals surface area contributed by atoms with E-state index < -0.39 is 6.10 Å². The Labute approximate surface area is 374 Å². The molecule has 2 atom stereocenters. The van der Waals surface area contributed by atoms with Gasteiger partial charge in [-0.1, -0.05) is 259 Å². The quantitative estimate of drug-likeness (QED) is 0.0345. The van der Waals surface area contributed by atoms with E-state index >= 15 is 0 Å². The molecule has 0 aromatic heterocycles. The topological polar surface area (TPSA) is 78.9 Å². The maximum absolute atomic E-state index is 12.7. The van der Waals surface area contributed by atoms with Crippen LogP contribution in [0, 0.1) is 11.8 Å². The molecule has 356 valence electrons. The highest BCUT2D eigenvalue weighted by molar-refractivity contribution is 5.71. The summed E-state index contributed by atoms with van der Waals surface area (Å²) in [5.41, 5.74) is 0. The molecule has 0 aliphatic heterocycles. The molecular formula is C54H104O6. The summed E-state index contributed by atoms with van der Waals surface area (Å²) in [5, 5.41) is 0. The molecule has 60 heavy (non-hydrogen) atoms. The molecule has 0 radical (unpaired) electrons. The van der Waals surface area contributed by atoms with E-state index in [9.17, 15) is 14.4 Å². The van der Waals surface area contributed by atoms with Gasteiger partial charge in [-0.05, 0) is 31.1 Å². The first-order valence-electron chi connectivity index (χ1n) is 26.8. The number of carbonyl (C=O) groups excluding carboxylic acids is 3. The van der Waals surface area contributed by atoms with Crippen molar-refractivity contribution in [1.29, 1.82) is 0 Å². The molecule has 6 heteroatoms. The van der Waals surface area contributed by atoms with Crippen molar-refractivity contribution in [2.24, 2.45) is 11.8 Å². The lowest BCUT2D eigenvalue weighted by Crippen LogP contribution is -2.30. The van der Waals surface area contributed by atoms with Gasteiger partial charge in [-0.15, -0.1) is 0 Å². The zero-order chi connectivity index (χ0) is 44.0. The average molecular weight is 849 g/mol. The van der Waals surface area contributed by atoms with E-state index in [0.29, 0.717) is 19.3 Å². The normalized spacial score (nSPS) is 12.5. The van der Waals surface area contributed by atoms with Gasteiger partial charge in [0.25, 0.3) is 0 Å². The maximum atomic E-state index is 12.7. The van der Waals surface area contributed by atoms with Gasteiger partial charge in [-0.25, -0.2) is 0 Å². The number of ether oxygens (including phenoxy) is 3. The fourth-order valence-electron chi connectivity index (χ4n) is 8.13. The Morgan fingerprint density at radius 3 is 0.950 bits per heavy atom. The fraction of sp³-hybridized carbons (Fsp3) is 0.944. The molecule has 0 spiro atoms. The highest BCUT2D eigenvalue weighted by Gasteiger charge is 2.19. The van der Waals surface area contributed by atoms with Crippen LogP contribution in [-0.2, 0) is 28.6 Å². The molecule has 6 nitrogen and oxygen atoms in total. The molecule has 0 fully saturated rings. The van der Waals surface area contributed by atoms with Crippen molar-refractivity contribution in [3.05, 3.63) is 0 Å². The average Bonchev–Trinajstić information content (AvgIpc) is 3.23. The lowest BCUT2D eigenvalue weighted by atomic mass is 9.99. The Morgan fingerprint density at radius 2 is 0.633 bits per heavy atom. The van der Waals surface area contributed by atoms with E-state index in [4.69, 9.17) is 14.2 Å². The van der Waals surface area contributed by atoms with Crippen LogP contribution < -0.4 is 0 Å². The summed E-state index contributed by atoms with van der Waals surface area (Å²) in [5.74, 6) is 0.876. The van der Waals surface area contributed by atoms with Crippen LogP contribution >= 0.6 is 0 Å². The van der Waals surface area contributed by atoms with Crippen LogP contribution in [0.3, 0.4) is 0 Å². The molecular weight excluding hydrogens is 745 g/mol. The highest BCUT2D eigenvalue weighted by Crippen LogP contribution is 2.18. The minimum Gasteiger partial charge on any atom is -0.462 e. The molecule has 0 aromatic carbocycles. The molecule has 0 heterocycles. The van der Waals surface area contributed by atoms with Gasteiger partial charge in [0.2, 0.25) is 0 Å². The van der Waals surface area contributed by atoms with Gasteiger partial charge < -0.3 is 14.2 Å². The fourth-order valence-corrected chi connectivity index (χ4v) is 8.13. The maximum Gasteiger partial charge on any atom is 0.306 e. The monoisotopic (exact) mass is 849 g/mol. The smallest absolute Gasteiger partial charge is 0.306 e. The molecule has 0 amide bonds. The van der Waals surface area contributed by atoms with Crippen molar-refractivity contribution in [3.8, 4) is 0 Å². The van der Waals surface area contributed by atoms with E-state index in [2.05, 4.69) is 34.6 Å². The predicted molar refractivity (Wildman–Crippen MR) is 256 cm³/mol. The number of carbonyl (C=O) groups is 3. The SMILES string of the molecule is CCCCCCCCCCCCC(=O)O[C@H](COC(=O)CCCCCCCCCCCCCCCCC(C)CC)COC(=O)CCCCCCCCCCCCCC(C)C. The first-order valence-corrected chi connectivity index (χ1v) is 26.8. The summed E-state index contributed by atoms with van der Waals surface area (Å²) in [6.07, 6.45) is 48.0. The van der Waals surface area contributed by atoms with Gasteiger partial charge in [-0.2, -0.15) is 0 Å². The minimum atomic E-state index is -0.761. The Hall–Kier alpha value is -1.59. The molecule has 1 unspecified atom stereocenters. The van der Waals surface area contributed by atoms with Crippen LogP contribution in [-0.4, -0.2) is 37.2 Å². The summed E-state index contributed by atoms with van der Waals surface area (Å²) in [4.78, 5) is 37.9. The van der Waals surface area contributed by atoms with Crippen LogP contribution in [0.15, 0.2) is 0 Å². The zero-order valence-electron chi connectivity index (χ0n) is 41.1. The Kier molecular flexibility index (Phi) is 45.7. The number of hydrogen-bond acceptors (Lipinski definition) is 6.